The predicted octanol–water partition coefficient (Wildman–Crippen LogP) is 3.78. The van der Waals surface area contributed by atoms with Gasteiger partial charge in [-0.25, -0.2) is 21.8 Å². The Kier molecular flexibility index (Phi) is 7.66. The number of carbonyl (C=O) groups is 1. The quantitative estimate of drug-likeness (QED) is 0.518. The van der Waals surface area contributed by atoms with Crippen LogP contribution < -0.4 is 10.2 Å². The highest BCUT2D eigenvalue weighted by atomic mass is 32.2. The maximum Gasteiger partial charge on any atom is 0.225 e. The van der Waals surface area contributed by atoms with Crippen LogP contribution in [-0.4, -0.2) is 69.4 Å². The lowest BCUT2D eigenvalue weighted by Crippen LogP contribution is -2.42. The second-order valence-electron chi connectivity index (χ2n) is 12.1. The molecule has 12 heteroatoms. The van der Waals surface area contributed by atoms with Gasteiger partial charge in [-0.05, 0) is 56.2 Å². The lowest BCUT2D eigenvalue weighted by molar-refractivity contribution is -0.127. The summed E-state index contributed by atoms with van der Waals surface area (Å²) in [4.78, 5) is 21.8. The van der Waals surface area contributed by atoms with Gasteiger partial charge < -0.3 is 10.2 Å². The standard InChI is InChI=1S/C29H36N4O5S3/c30-19-29(11-12-29)32-27(34)24-4-2-1-3-23(24)25-26(39-28(31-25)21-9-15-40(35,36)16-10-21)20-5-7-22(8-6-20)33-13-17-41(37,38)18-14-33/h5-8,21,23-24H,1-4,9-18H2,(H,32,34)/t23-,24-/m1/s1. The number of nitrogens with one attached hydrogen (secondary N) is 1. The number of aromatic nitrogens is 1. The number of hydrogen-bond donors (Lipinski definition) is 1. The molecule has 2 atom stereocenters. The number of thiazole rings is 1. The molecular formula is C29H36N4O5S3. The Morgan fingerprint density at radius 3 is 2.22 bits per heavy atom. The zero-order valence-corrected chi connectivity index (χ0v) is 25.5. The molecule has 2 saturated carbocycles. The third kappa shape index (κ3) is 6.18. The fourth-order valence-corrected chi connectivity index (χ4v) is 10.4. The average Bonchev–Trinajstić information content (AvgIpc) is 3.60. The molecule has 2 saturated heterocycles. The Bertz CT molecular complexity index is 1540. The van der Waals surface area contributed by atoms with Gasteiger partial charge in [0, 0.05) is 36.5 Å². The normalized spacial score (nSPS) is 27.0. The van der Waals surface area contributed by atoms with E-state index in [1.807, 2.05) is 12.1 Å². The van der Waals surface area contributed by atoms with Crippen molar-refractivity contribution in [3.05, 3.63) is 35.0 Å². The fourth-order valence-electron chi connectivity index (χ4n) is 6.40. The van der Waals surface area contributed by atoms with Crippen molar-refractivity contribution in [1.82, 2.24) is 10.3 Å². The van der Waals surface area contributed by atoms with Crippen molar-refractivity contribution >= 4 is 42.6 Å². The van der Waals surface area contributed by atoms with Crippen LogP contribution in [0.5, 0.6) is 0 Å². The number of benzene rings is 1. The van der Waals surface area contributed by atoms with Crippen LogP contribution in [0.15, 0.2) is 24.3 Å². The zero-order valence-electron chi connectivity index (χ0n) is 23.0. The molecule has 4 aliphatic rings. The molecule has 0 radical (unpaired) electrons. The summed E-state index contributed by atoms with van der Waals surface area (Å²) in [6.45, 7) is 0.955. The van der Waals surface area contributed by atoms with Crippen molar-refractivity contribution in [2.75, 3.05) is 41.0 Å². The van der Waals surface area contributed by atoms with Gasteiger partial charge in [0.15, 0.2) is 9.84 Å². The van der Waals surface area contributed by atoms with Gasteiger partial charge in [-0.2, -0.15) is 5.26 Å². The van der Waals surface area contributed by atoms with Crippen LogP contribution in [0.25, 0.3) is 10.4 Å². The number of amides is 1. The molecule has 6 rings (SSSR count). The molecule has 2 aliphatic carbocycles. The molecule has 2 aliphatic heterocycles. The van der Waals surface area contributed by atoms with Crippen molar-refractivity contribution < 1.29 is 21.6 Å². The van der Waals surface area contributed by atoms with Crippen LogP contribution >= 0.6 is 11.3 Å². The summed E-state index contributed by atoms with van der Waals surface area (Å²) < 4.78 is 48.0. The molecule has 1 amide bonds. The van der Waals surface area contributed by atoms with E-state index in [4.69, 9.17) is 4.98 Å². The van der Waals surface area contributed by atoms with E-state index in [0.717, 1.165) is 52.5 Å². The van der Waals surface area contributed by atoms with Crippen LogP contribution in [0.1, 0.15) is 73.9 Å². The molecule has 1 aromatic heterocycles. The molecule has 3 heterocycles. The smallest absolute Gasteiger partial charge is 0.225 e. The van der Waals surface area contributed by atoms with Crippen LogP contribution in [0.3, 0.4) is 0 Å². The van der Waals surface area contributed by atoms with Crippen molar-refractivity contribution in [2.24, 2.45) is 5.92 Å². The Hall–Kier alpha value is -2.49. The van der Waals surface area contributed by atoms with Crippen LogP contribution in [0.4, 0.5) is 5.69 Å². The largest absolute Gasteiger partial charge is 0.369 e. The number of nitriles is 1. The summed E-state index contributed by atoms with van der Waals surface area (Å²) in [5.74, 6) is 0.351. The van der Waals surface area contributed by atoms with E-state index in [2.05, 4.69) is 28.4 Å². The second-order valence-corrected chi connectivity index (χ2v) is 17.7. The maximum atomic E-state index is 13.5. The third-order valence-electron chi connectivity index (χ3n) is 9.19. The van der Waals surface area contributed by atoms with Gasteiger partial charge in [0.25, 0.3) is 0 Å². The molecule has 1 N–H and O–H groups in total. The monoisotopic (exact) mass is 616 g/mol. The van der Waals surface area contributed by atoms with E-state index in [0.29, 0.717) is 38.8 Å². The highest BCUT2D eigenvalue weighted by Gasteiger charge is 2.47. The summed E-state index contributed by atoms with van der Waals surface area (Å²) in [5.41, 5.74) is 2.18. The molecule has 4 fully saturated rings. The summed E-state index contributed by atoms with van der Waals surface area (Å²) in [6.07, 6.45) is 6.06. The van der Waals surface area contributed by atoms with E-state index >= 15 is 0 Å². The predicted molar refractivity (Wildman–Crippen MR) is 159 cm³/mol. The molecule has 0 unspecified atom stereocenters. The number of carbonyl (C=O) groups excluding carboxylic acids is 1. The van der Waals surface area contributed by atoms with Gasteiger partial charge in [-0.1, -0.05) is 25.0 Å². The minimum Gasteiger partial charge on any atom is -0.369 e. The van der Waals surface area contributed by atoms with Crippen molar-refractivity contribution in [3.63, 3.8) is 0 Å². The summed E-state index contributed by atoms with van der Waals surface area (Å²) >= 11 is 1.61. The Balaban J connectivity index is 1.32. The highest BCUT2D eigenvalue weighted by Crippen LogP contribution is 2.47. The van der Waals surface area contributed by atoms with Crippen LogP contribution in [-0.2, 0) is 24.5 Å². The Morgan fingerprint density at radius 2 is 1.59 bits per heavy atom. The van der Waals surface area contributed by atoms with Crippen LogP contribution in [0.2, 0.25) is 0 Å². The van der Waals surface area contributed by atoms with Gasteiger partial charge >= 0.3 is 0 Å². The molecular weight excluding hydrogens is 581 g/mol. The van der Waals surface area contributed by atoms with Crippen molar-refractivity contribution in [3.8, 4) is 16.5 Å². The Labute approximate surface area is 246 Å². The minimum absolute atomic E-state index is 0.0617. The van der Waals surface area contributed by atoms with Gasteiger partial charge in [-0.15, -0.1) is 11.3 Å². The van der Waals surface area contributed by atoms with Gasteiger partial charge in [0.1, 0.15) is 15.4 Å². The van der Waals surface area contributed by atoms with E-state index in [9.17, 15) is 26.9 Å². The first-order valence-electron chi connectivity index (χ1n) is 14.6. The number of sulfone groups is 2. The maximum absolute atomic E-state index is 13.5. The van der Waals surface area contributed by atoms with E-state index in [1.165, 1.54) is 0 Å². The molecule has 1 aromatic carbocycles. The summed E-state index contributed by atoms with van der Waals surface area (Å²) in [6, 6.07) is 10.4. The van der Waals surface area contributed by atoms with E-state index in [-0.39, 0.29) is 46.7 Å². The summed E-state index contributed by atoms with van der Waals surface area (Å²) in [5, 5.41) is 13.5. The lowest BCUT2D eigenvalue weighted by Gasteiger charge is -2.31. The van der Waals surface area contributed by atoms with E-state index < -0.39 is 25.2 Å². The first-order valence-corrected chi connectivity index (χ1v) is 19.0. The SMILES string of the molecule is N#CC1(NC(=O)[C@@H]2CCCC[C@H]2c2nc(C3CCS(=O)(=O)CC3)sc2-c2ccc(N3CCS(=O)(=O)CC3)cc2)CC1. The number of hydrogen-bond acceptors (Lipinski definition) is 9. The molecule has 9 nitrogen and oxygen atoms in total. The number of rotatable bonds is 6. The first kappa shape index (κ1) is 28.6. The molecule has 2 aromatic rings. The topological polar surface area (TPSA) is 137 Å². The van der Waals surface area contributed by atoms with Gasteiger partial charge in [0.2, 0.25) is 5.91 Å². The Morgan fingerprint density at radius 1 is 0.951 bits per heavy atom. The number of anilines is 1. The number of nitrogens with zero attached hydrogens (tertiary/aromatic N) is 3. The zero-order chi connectivity index (χ0) is 28.8. The molecule has 41 heavy (non-hydrogen) atoms. The average molecular weight is 617 g/mol. The second kappa shape index (κ2) is 11.0. The molecule has 0 bridgehead atoms. The minimum atomic E-state index is -3.00. The fraction of sp³-hybridized carbons (Fsp3) is 0.621. The van der Waals surface area contributed by atoms with Gasteiger partial charge in [-0.3, -0.25) is 4.79 Å². The summed E-state index contributed by atoms with van der Waals surface area (Å²) in [7, 11) is -5.97. The van der Waals surface area contributed by atoms with Crippen LogP contribution in [0, 0.1) is 17.2 Å². The van der Waals surface area contributed by atoms with Crippen molar-refractivity contribution in [1.29, 1.82) is 5.26 Å². The first-order chi connectivity index (χ1) is 19.6. The molecule has 0 spiro atoms. The highest BCUT2D eigenvalue weighted by molar-refractivity contribution is 7.91. The van der Waals surface area contributed by atoms with E-state index in [1.54, 1.807) is 11.3 Å². The third-order valence-corrected chi connectivity index (χ3v) is 13.8. The lowest BCUT2D eigenvalue weighted by atomic mass is 9.76. The van der Waals surface area contributed by atoms with Crippen molar-refractivity contribution in [2.45, 2.75) is 68.7 Å². The van der Waals surface area contributed by atoms with Gasteiger partial charge in [0.05, 0.1) is 44.7 Å². The molecule has 220 valence electrons.